The summed E-state index contributed by atoms with van der Waals surface area (Å²) in [6, 6.07) is 4.83. The molecule has 1 atom stereocenters. The van der Waals surface area contributed by atoms with Gasteiger partial charge in [-0.15, -0.1) is 0 Å². The van der Waals surface area contributed by atoms with E-state index in [0.717, 1.165) is 25.9 Å². The third-order valence-corrected chi connectivity index (χ3v) is 3.69. The van der Waals surface area contributed by atoms with E-state index >= 15 is 0 Å². The van der Waals surface area contributed by atoms with Crippen LogP contribution in [0.4, 0.5) is 0 Å². The number of unbranched alkanes of at least 4 members (excludes halogenated alkanes) is 2. The van der Waals surface area contributed by atoms with E-state index in [4.69, 9.17) is 5.26 Å². The first-order valence-electron chi connectivity index (χ1n) is 6.98. The topological polar surface area (TPSA) is 44.9 Å². The molecule has 0 bridgehead atoms. The van der Waals surface area contributed by atoms with Crippen molar-refractivity contribution in [3.05, 3.63) is 18.5 Å². The fourth-order valence-electron chi connectivity index (χ4n) is 2.70. The molecule has 0 N–H and O–H groups in total. The second-order valence-corrected chi connectivity index (χ2v) is 5.03. The van der Waals surface area contributed by atoms with Gasteiger partial charge < -0.3 is 0 Å². The minimum Gasteiger partial charge on any atom is -0.299 e. The van der Waals surface area contributed by atoms with Crippen LogP contribution in [0.2, 0.25) is 0 Å². The molecule has 2 rings (SSSR count). The van der Waals surface area contributed by atoms with Gasteiger partial charge in [0.2, 0.25) is 0 Å². The van der Waals surface area contributed by atoms with E-state index in [1.54, 1.807) is 0 Å². The molecule has 0 aromatic carbocycles. The Morgan fingerprint density at radius 3 is 3.06 bits per heavy atom. The molecule has 1 aliphatic rings. The molecule has 1 saturated heterocycles. The van der Waals surface area contributed by atoms with Crippen LogP contribution in [0.3, 0.4) is 0 Å². The number of likely N-dealkylation sites (tertiary alicyclic amines) is 1. The molecular formula is C14H22N4. The highest BCUT2D eigenvalue weighted by Gasteiger charge is 2.22. The molecule has 18 heavy (non-hydrogen) atoms. The van der Waals surface area contributed by atoms with Gasteiger partial charge in [-0.3, -0.25) is 9.58 Å². The number of nitrogens with zero attached hydrogens (tertiary/aromatic N) is 4. The molecule has 0 amide bonds. The highest BCUT2D eigenvalue weighted by Crippen LogP contribution is 2.19. The van der Waals surface area contributed by atoms with E-state index in [0.29, 0.717) is 12.5 Å². The number of nitriles is 1. The SMILES string of the molecule is N#CCCCCN1CCCC[C@@H]1Cn1cccn1. The summed E-state index contributed by atoms with van der Waals surface area (Å²) in [7, 11) is 0. The van der Waals surface area contributed by atoms with E-state index in [1.165, 1.54) is 25.8 Å². The number of hydrogen-bond acceptors (Lipinski definition) is 3. The molecule has 0 aliphatic carbocycles. The molecule has 98 valence electrons. The Kier molecular flexibility index (Phi) is 5.22. The summed E-state index contributed by atoms with van der Waals surface area (Å²) in [5.74, 6) is 0. The van der Waals surface area contributed by atoms with Crippen molar-refractivity contribution in [1.29, 1.82) is 5.26 Å². The van der Waals surface area contributed by atoms with Gasteiger partial charge in [-0.25, -0.2) is 0 Å². The first-order valence-corrected chi connectivity index (χ1v) is 6.98. The zero-order valence-electron chi connectivity index (χ0n) is 11.0. The lowest BCUT2D eigenvalue weighted by Gasteiger charge is -2.35. The van der Waals surface area contributed by atoms with Crippen LogP contribution in [-0.2, 0) is 6.54 Å². The van der Waals surface area contributed by atoms with Gasteiger partial charge in [0.15, 0.2) is 0 Å². The molecule has 0 unspecified atom stereocenters. The van der Waals surface area contributed by atoms with Gasteiger partial charge in [0.1, 0.15) is 0 Å². The average molecular weight is 246 g/mol. The lowest BCUT2D eigenvalue weighted by molar-refractivity contribution is 0.127. The maximum absolute atomic E-state index is 8.55. The Bertz CT molecular complexity index is 366. The fourth-order valence-corrected chi connectivity index (χ4v) is 2.70. The normalized spacial score (nSPS) is 20.7. The summed E-state index contributed by atoms with van der Waals surface area (Å²) >= 11 is 0. The van der Waals surface area contributed by atoms with Crippen LogP contribution in [0.5, 0.6) is 0 Å². The quantitative estimate of drug-likeness (QED) is 0.724. The molecule has 0 spiro atoms. The molecule has 4 nitrogen and oxygen atoms in total. The van der Waals surface area contributed by atoms with E-state index < -0.39 is 0 Å². The van der Waals surface area contributed by atoms with Gasteiger partial charge in [0, 0.05) is 24.9 Å². The first kappa shape index (κ1) is 13.1. The fraction of sp³-hybridized carbons (Fsp3) is 0.714. The molecule has 4 heteroatoms. The minimum atomic E-state index is 0.626. The van der Waals surface area contributed by atoms with Crippen LogP contribution in [0, 0.1) is 11.3 Å². The number of aromatic nitrogens is 2. The lowest BCUT2D eigenvalue weighted by atomic mass is 10.0. The minimum absolute atomic E-state index is 0.626. The smallest absolute Gasteiger partial charge is 0.0621 e. The zero-order chi connectivity index (χ0) is 12.6. The largest absolute Gasteiger partial charge is 0.299 e. The average Bonchev–Trinajstić information content (AvgIpc) is 2.89. The highest BCUT2D eigenvalue weighted by molar-refractivity contribution is 4.82. The van der Waals surface area contributed by atoms with Crippen LogP contribution >= 0.6 is 0 Å². The van der Waals surface area contributed by atoms with Gasteiger partial charge in [-0.05, 0) is 44.8 Å². The van der Waals surface area contributed by atoms with Crippen molar-refractivity contribution >= 4 is 0 Å². The van der Waals surface area contributed by atoms with Crippen LogP contribution < -0.4 is 0 Å². The second kappa shape index (κ2) is 7.17. The Morgan fingerprint density at radius 2 is 2.28 bits per heavy atom. The summed E-state index contributed by atoms with van der Waals surface area (Å²) in [5, 5.41) is 12.9. The number of hydrogen-bond donors (Lipinski definition) is 0. The zero-order valence-corrected chi connectivity index (χ0v) is 11.0. The first-order chi connectivity index (χ1) is 8.90. The molecule has 1 aliphatic heterocycles. The monoisotopic (exact) mass is 246 g/mol. The molecule has 0 radical (unpaired) electrons. The van der Waals surface area contributed by atoms with Crippen LogP contribution in [0.15, 0.2) is 18.5 Å². The summed E-state index contributed by atoms with van der Waals surface area (Å²) < 4.78 is 2.04. The van der Waals surface area contributed by atoms with Gasteiger partial charge in [0.25, 0.3) is 0 Å². The molecule has 1 aromatic rings. The Labute approximate surface area is 109 Å². The maximum Gasteiger partial charge on any atom is 0.0621 e. The predicted octanol–water partition coefficient (Wildman–Crippen LogP) is 2.43. The van der Waals surface area contributed by atoms with Crippen molar-refractivity contribution in [1.82, 2.24) is 14.7 Å². The van der Waals surface area contributed by atoms with E-state index in [2.05, 4.69) is 16.1 Å². The van der Waals surface area contributed by atoms with Crippen molar-refractivity contribution in [2.24, 2.45) is 0 Å². The van der Waals surface area contributed by atoms with Gasteiger partial charge in [-0.2, -0.15) is 10.4 Å². The van der Waals surface area contributed by atoms with Crippen LogP contribution in [0.25, 0.3) is 0 Å². The maximum atomic E-state index is 8.55. The van der Waals surface area contributed by atoms with Crippen molar-refractivity contribution < 1.29 is 0 Å². The van der Waals surface area contributed by atoms with Crippen molar-refractivity contribution in [2.75, 3.05) is 13.1 Å². The third-order valence-electron chi connectivity index (χ3n) is 3.69. The molecule has 1 fully saturated rings. The summed E-state index contributed by atoms with van der Waals surface area (Å²) in [4.78, 5) is 2.59. The molecular weight excluding hydrogens is 224 g/mol. The Hall–Kier alpha value is -1.34. The lowest BCUT2D eigenvalue weighted by Crippen LogP contribution is -2.42. The number of rotatable bonds is 6. The van der Waals surface area contributed by atoms with Gasteiger partial charge >= 0.3 is 0 Å². The van der Waals surface area contributed by atoms with E-state index in [1.807, 2.05) is 23.1 Å². The van der Waals surface area contributed by atoms with Crippen molar-refractivity contribution in [3.8, 4) is 6.07 Å². The standard InChI is InChI=1S/C14H22N4/c15-8-3-1-4-10-17-11-5-2-7-14(17)13-18-12-6-9-16-18/h6,9,12,14H,1-5,7,10-11,13H2/t14-/m1/s1. The molecule has 2 heterocycles. The van der Waals surface area contributed by atoms with Crippen LogP contribution in [-0.4, -0.2) is 33.8 Å². The second-order valence-electron chi connectivity index (χ2n) is 5.03. The third kappa shape index (κ3) is 3.85. The number of piperidine rings is 1. The Morgan fingerprint density at radius 1 is 1.33 bits per heavy atom. The molecule has 0 saturated carbocycles. The summed E-state index contributed by atoms with van der Waals surface area (Å²) in [5.41, 5.74) is 0. The predicted molar refractivity (Wildman–Crippen MR) is 70.9 cm³/mol. The van der Waals surface area contributed by atoms with Crippen molar-refractivity contribution in [3.63, 3.8) is 0 Å². The highest BCUT2D eigenvalue weighted by atomic mass is 15.3. The Balaban J connectivity index is 1.80. The van der Waals surface area contributed by atoms with Crippen molar-refractivity contribution in [2.45, 2.75) is 51.1 Å². The van der Waals surface area contributed by atoms with Gasteiger partial charge in [0.05, 0.1) is 12.6 Å². The van der Waals surface area contributed by atoms with Gasteiger partial charge in [-0.1, -0.05) is 6.42 Å². The summed E-state index contributed by atoms with van der Waals surface area (Å²) in [6.07, 6.45) is 10.7. The van der Waals surface area contributed by atoms with E-state index in [9.17, 15) is 0 Å². The van der Waals surface area contributed by atoms with Crippen LogP contribution in [0.1, 0.15) is 38.5 Å². The summed E-state index contributed by atoms with van der Waals surface area (Å²) in [6.45, 7) is 3.34. The molecule has 1 aromatic heterocycles. The van der Waals surface area contributed by atoms with E-state index in [-0.39, 0.29) is 0 Å².